The Hall–Kier alpha value is -1.45. The zero-order valence-electron chi connectivity index (χ0n) is 9.92. The predicted octanol–water partition coefficient (Wildman–Crippen LogP) is 3.10. The summed E-state index contributed by atoms with van der Waals surface area (Å²) in [6.45, 7) is 5.00. The Bertz CT molecular complexity index is 494. The molecular weight excluding hydrogens is 226 g/mol. The first kappa shape index (κ1) is 12.0. The molecule has 1 aliphatic rings. The molecule has 17 heavy (non-hydrogen) atoms. The molecule has 2 nitrogen and oxygen atoms in total. The maximum absolute atomic E-state index is 13.7. The van der Waals surface area contributed by atoms with Crippen molar-refractivity contribution in [2.75, 3.05) is 0 Å². The Morgan fingerprint density at radius 1 is 1.29 bits per heavy atom. The Morgan fingerprint density at radius 3 is 2.35 bits per heavy atom. The summed E-state index contributed by atoms with van der Waals surface area (Å²) >= 11 is 0. The van der Waals surface area contributed by atoms with Gasteiger partial charge in [-0.2, -0.15) is 0 Å². The number of rotatable bonds is 2. The van der Waals surface area contributed by atoms with Crippen LogP contribution in [-0.4, -0.2) is 11.1 Å². The highest BCUT2D eigenvalue weighted by atomic mass is 19.1. The zero-order chi connectivity index (χ0) is 13.0. The van der Waals surface area contributed by atoms with E-state index in [1.807, 2.05) is 0 Å². The number of carboxylic acid groups (broad SMARTS) is 1. The molecule has 0 spiro atoms. The van der Waals surface area contributed by atoms with Crippen LogP contribution in [0.2, 0.25) is 0 Å². The average Bonchev–Trinajstić information content (AvgIpc) is 2.75. The second-order valence-electron chi connectivity index (χ2n) is 5.24. The summed E-state index contributed by atoms with van der Waals surface area (Å²) < 4.78 is 27.2. The molecule has 2 rings (SSSR count). The van der Waals surface area contributed by atoms with Gasteiger partial charge in [-0.3, -0.25) is 4.79 Å². The van der Waals surface area contributed by atoms with E-state index < -0.39 is 34.9 Å². The van der Waals surface area contributed by atoms with Gasteiger partial charge in [0.05, 0.1) is 5.92 Å². The Morgan fingerprint density at radius 2 is 1.88 bits per heavy atom. The van der Waals surface area contributed by atoms with Crippen LogP contribution >= 0.6 is 0 Å². The van der Waals surface area contributed by atoms with Crippen LogP contribution in [0.3, 0.4) is 0 Å². The molecule has 92 valence electrons. The van der Waals surface area contributed by atoms with E-state index in [0.29, 0.717) is 0 Å². The maximum Gasteiger partial charge on any atom is 0.307 e. The van der Waals surface area contributed by atoms with Gasteiger partial charge in [0.2, 0.25) is 0 Å². The zero-order valence-corrected chi connectivity index (χ0v) is 9.92. The third kappa shape index (κ3) is 1.72. The summed E-state index contributed by atoms with van der Waals surface area (Å²) in [4.78, 5) is 11.0. The van der Waals surface area contributed by atoms with Crippen molar-refractivity contribution in [2.24, 2.45) is 11.3 Å². The third-order valence-corrected chi connectivity index (χ3v) is 3.71. The molecule has 0 bridgehead atoms. The van der Waals surface area contributed by atoms with E-state index in [0.717, 1.165) is 12.1 Å². The van der Waals surface area contributed by atoms with Crippen LogP contribution < -0.4 is 0 Å². The smallest absolute Gasteiger partial charge is 0.307 e. The molecule has 1 saturated carbocycles. The van der Waals surface area contributed by atoms with E-state index in [1.165, 1.54) is 6.92 Å². The summed E-state index contributed by atoms with van der Waals surface area (Å²) in [6.07, 6.45) is 0. The lowest BCUT2D eigenvalue weighted by Gasteiger charge is -2.06. The number of halogens is 2. The first-order valence-corrected chi connectivity index (χ1v) is 5.45. The summed E-state index contributed by atoms with van der Waals surface area (Å²) in [7, 11) is 0. The van der Waals surface area contributed by atoms with Crippen molar-refractivity contribution >= 4 is 5.97 Å². The van der Waals surface area contributed by atoms with Crippen molar-refractivity contribution in [3.63, 3.8) is 0 Å². The lowest BCUT2D eigenvalue weighted by atomic mass is 10.0. The van der Waals surface area contributed by atoms with Crippen molar-refractivity contribution in [3.05, 3.63) is 34.9 Å². The van der Waals surface area contributed by atoms with Crippen molar-refractivity contribution in [1.82, 2.24) is 0 Å². The van der Waals surface area contributed by atoms with Crippen molar-refractivity contribution < 1.29 is 18.7 Å². The quantitative estimate of drug-likeness (QED) is 0.862. The van der Waals surface area contributed by atoms with Gasteiger partial charge in [0.15, 0.2) is 0 Å². The normalized spacial score (nSPS) is 25.7. The van der Waals surface area contributed by atoms with E-state index in [9.17, 15) is 13.6 Å². The SMILES string of the molecule is Cc1cc(F)c([C@@H]2[C@@H](C(=O)O)C2(C)C)cc1F. The van der Waals surface area contributed by atoms with Gasteiger partial charge in [-0.25, -0.2) is 8.78 Å². The molecule has 0 radical (unpaired) electrons. The van der Waals surface area contributed by atoms with Crippen LogP contribution in [0.25, 0.3) is 0 Å². The molecule has 1 N–H and O–H groups in total. The monoisotopic (exact) mass is 240 g/mol. The molecule has 1 fully saturated rings. The van der Waals surface area contributed by atoms with E-state index in [4.69, 9.17) is 5.11 Å². The lowest BCUT2D eigenvalue weighted by Crippen LogP contribution is -2.03. The highest BCUT2D eigenvalue weighted by Crippen LogP contribution is 2.64. The number of aliphatic carboxylic acids is 1. The molecule has 1 aromatic carbocycles. The molecule has 0 amide bonds. The Labute approximate surface area is 98.3 Å². The molecule has 0 unspecified atom stereocenters. The fraction of sp³-hybridized carbons (Fsp3) is 0.462. The van der Waals surface area contributed by atoms with Gasteiger partial charge in [0, 0.05) is 5.92 Å². The van der Waals surface area contributed by atoms with Gasteiger partial charge >= 0.3 is 5.97 Å². The minimum Gasteiger partial charge on any atom is -0.481 e. The van der Waals surface area contributed by atoms with E-state index >= 15 is 0 Å². The molecule has 0 saturated heterocycles. The highest BCUT2D eigenvalue weighted by Gasteiger charge is 2.63. The van der Waals surface area contributed by atoms with Gasteiger partial charge in [0.25, 0.3) is 0 Å². The largest absolute Gasteiger partial charge is 0.481 e. The van der Waals surface area contributed by atoms with Crippen LogP contribution in [0.5, 0.6) is 0 Å². The first-order valence-electron chi connectivity index (χ1n) is 5.45. The van der Waals surface area contributed by atoms with Gasteiger partial charge < -0.3 is 5.11 Å². The van der Waals surface area contributed by atoms with E-state index in [1.54, 1.807) is 13.8 Å². The summed E-state index contributed by atoms with van der Waals surface area (Å²) in [5, 5.41) is 9.02. The van der Waals surface area contributed by atoms with E-state index in [2.05, 4.69) is 0 Å². The van der Waals surface area contributed by atoms with Gasteiger partial charge in [-0.1, -0.05) is 13.8 Å². The maximum atomic E-state index is 13.7. The molecule has 2 atom stereocenters. The summed E-state index contributed by atoms with van der Waals surface area (Å²) in [6, 6.07) is 2.25. The van der Waals surface area contributed by atoms with Gasteiger partial charge in [-0.05, 0) is 35.6 Å². The molecular formula is C13H14F2O2. The predicted molar refractivity (Wildman–Crippen MR) is 58.7 cm³/mol. The number of hydrogen-bond acceptors (Lipinski definition) is 1. The standard InChI is InChI=1S/C13H14F2O2/c1-6-4-9(15)7(5-8(6)14)10-11(12(16)17)13(10,2)3/h4-5,10-11H,1-3H3,(H,16,17)/t10-,11+/m1/s1. The summed E-state index contributed by atoms with van der Waals surface area (Å²) in [5.74, 6) is -3.06. The lowest BCUT2D eigenvalue weighted by molar-refractivity contribution is -0.139. The van der Waals surface area contributed by atoms with Crippen molar-refractivity contribution in [1.29, 1.82) is 0 Å². The summed E-state index contributed by atoms with van der Waals surface area (Å²) in [5.41, 5.74) is -0.115. The van der Waals surface area contributed by atoms with Crippen LogP contribution in [0.4, 0.5) is 8.78 Å². The fourth-order valence-corrected chi connectivity index (χ4v) is 2.58. The number of benzene rings is 1. The van der Waals surface area contributed by atoms with Crippen LogP contribution in [0.15, 0.2) is 12.1 Å². The topological polar surface area (TPSA) is 37.3 Å². The molecule has 0 aliphatic heterocycles. The highest BCUT2D eigenvalue weighted by molar-refractivity contribution is 5.77. The van der Waals surface area contributed by atoms with E-state index in [-0.39, 0.29) is 11.1 Å². The second-order valence-corrected chi connectivity index (χ2v) is 5.24. The van der Waals surface area contributed by atoms with Crippen molar-refractivity contribution in [3.8, 4) is 0 Å². The van der Waals surface area contributed by atoms with Crippen molar-refractivity contribution in [2.45, 2.75) is 26.7 Å². The van der Waals surface area contributed by atoms with Crippen LogP contribution in [0.1, 0.15) is 30.9 Å². The molecule has 1 aromatic rings. The first-order chi connectivity index (χ1) is 7.76. The third-order valence-electron chi connectivity index (χ3n) is 3.71. The molecule has 0 aromatic heterocycles. The van der Waals surface area contributed by atoms with Gasteiger partial charge in [-0.15, -0.1) is 0 Å². The Kier molecular flexibility index (Phi) is 2.49. The average molecular weight is 240 g/mol. The molecule has 0 heterocycles. The Balaban J connectivity index is 2.44. The number of carbonyl (C=O) groups is 1. The van der Waals surface area contributed by atoms with Gasteiger partial charge in [0.1, 0.15) is 11.6 Å². The number of aryl methyl sites for hydroxylation is 1. The van der Waals surface area contributed by atoms with Crippen LogP contribution in [0, 0.1) is 29.9 Å². The molecule has 4 heteroatoms. The van der Waals surface area contributed by atoms with Crippen LogP contribution in [-0.2, 0) is 4.79 Å². The number of hydrogen-bond donors (Lipinski definition) is 1. The minimum atomic E-state index is -0.958. The molecule has 1 aliphatic carbocycles. The fourth-order valence-electron chi connectivity index (χ4n) is 2.58. The minimum absolute atomic E-state index is 0.172. The second kappa shape index (κ2) is 3.52. The number of carboxylic acids is 1.